The minimum absolute atomic E-state index is 0.0450. The second-order valence-corrected chi connectivity index (χ2v) is 4.69. The Morgan fingerprint density at radius 3 is 2.32 bits per heavy atom. The number of unbranched alkanes of at least 4 members (excludes halogenated alkanes) is 1. The van der Waals surface area contributed by atoms with Gasteiger partial charge >= 0.3 is 12.0 Å². The van der Waals surface area contributed by atoms with Crippen LogP contribution in [0.1, 0.15) is 46.5 Å². The molecule has 1 atom stereocenters. The summed E-state index contributed by atoms with van der Waals surface area (Å²) in [5.74, 6) is -1.64. The molecule has 0 radical (unpaired) electrons. The minimum atomic E-state index is -0.940. The zero-order valence-electron chi connectivity index (χ0n) is 11.9. The fraction of sp³-hybridized carbons (Fsp3) is 0.769. The third-order valence-corrected chi connectivity index (χ3v) is 2.75. The molecule has 0 aliphatic rings. The van der Waals surface area contributed by atoms with E-state index in [4.69, 9.17) is 5.11 Å². The van der Waals surface area contributed by atoms with Crippen molar-refractivity contribution in [2.24, 2.45) is 5.92 Å². The van der Waals surface area contributed by atoms with E-state index in [0.717, 1.165) is 12.8 Å². The summed E-state index contributed by atoms with van der Waals surface area (Å²) in [6, 6.07) is -0.400. The largest absolute Gasteiger partial charge is 0.481 e. The summed E-state index contributed by atoms with van der Waals surface area (Å²) in [7, 11) is 0. The standard InChI is InChI=1S/C13H24N2O4/c1-4-6-7-15(5-2)13(19)14-11(16)8-10(3)9-12(17)18/h10H,4-9H2,1-3H3,(H,17,18)(H,14,16,19). The summed E-state index contributed by atoms with van der Waals surface area (Å²) in [6.45, 7) is 6.73. The third-order valence-electron chi connectivity index (χ3n) is 2.75. The van der Waals surface area contributed by atoms with Crippen molar-refractivity contribution in [3.63, 3.8) is 0 Å². The van der Waals surface area contributed by atoms with Crippen molar-refractivity contribution >= 4 is 17.9 Å². The first kappa shape index (κ1) is 17.4. The van der Waals surface area contributed by atoms with E-state index in [1.807, 2.05) is 13.8 Å². The van der Waals surface area contributed by atoms with Gasteiger partial charge in [-0.2, -0.15) is 0 Å². The molecule has 0 aromatic carbocycles. The van der Waals surface area contributed by atoms with Gasteiger partial charge in [0.25, 0.3) is 0 Å². The molecule has 0 bridgehead atoms. The van der Waals surface area contributed by atoms with Crippen LogP contribution in [0, 0.1) is 5.92 Å². The summed E-state index contributed by atoms with van der Waals surface area (Å²) in [4.78, 5) is 35.4. The Morgan fingerprint density at radius 1 is 1.21 bits per heavy atom. The molecule has 0 saturated carbocycles. The van der Waals surface area contributed by atoms with Crippen molar-refractivity contribution in [1.82, 2.24) is 10.2 Å². The van der Waals surface area contributed by atoms with E-state index in [1.54, 1.807) is 11.8 Å². The zero-order valence-corrected chi connectivity index (χ0v) is 11.9. The van der Waals surface area contributed by atoms with Crippen LogP contribution in [0.5, 0.6) is 0 Å². The molecule has 0 rings (SSSR count). The van der Waals surface area contributed by atoms with Crippen LogP contribution < -0.4 is 5.32 Å². The number of imide groups is 1. The highest BCUT2D eigenvalue weighted by atomic mass is 16.4. The molecule has 2 N–H and O–H groups in total. The van der Waals surface area contributed by atoms with Gasteiger partial charge in [-0.3, -0.25) is 14.9 Å². The summed E-state index contributed by atoms with van der Waals surface area (Å²) in [6.07, 6.45) is 1.84. The van der Waals surface area contributed by atoms with E-state index in [0.29, 0.717) is 13.1 Å². The number of aliphatic carboxylic acids is 1. The van der Waals surface area contributed by atoms with E-state index >= 15 is 0 Å². The summed E-state index contributed by atoms with van der Waals surface area (Å²) < 4.78 is 0. The lowest BCUT2D eigenvalue weighted by molar-refractivity contribution is -0.138. The van der Waals surface area contributed by atoms with Gasteiger partial charge in [0.05, 0.1) is 0 Å². The highest BCUT2D eigenvalue weighted by Crippen LogP contribution is 2.07. The van der Waals surface area contributed by atoms with Crippen molar-refractivity contribution < 1.29 is 19.5 Å². The number of carboxylic acid groups (broad SMARTS) is 1. The first-order valence-corrected chi connectivity index (χ1v) is 6.71. The van der Waals surface area contributed by atoms with Crippen molar-refractivity contribution in [2.75, 3.05) is 13.1 Å². The van der Waals surface area contributed by atoms with Gasteiger partial charge in [0.2, 0.25) is 5.91 Å². The molecule has 0 spiro atoms. The van der Waals surface area contributed by atoms with Gasteiger partial charge in [0.15, 0.2) is 0 Å². The highest BCUT2D eigenvalue weighted by Gasteiger charge is 2.17. The van der Waals surface area contributed by atoms with Crippen LogP contribution in [-0.2, 0) is 9.59 Å². The molecule has 0 aromatic rings. The molecule has 0 aliphatic heterocycles. The number of hydrogen-bond donors (Lipinski definition) is 2. The van der Waals surface area contributed by atoms with Gasteiger partial charge in [-0.15, -0.1) is 0 Å². The molecule has 0 heterocycles. The van der Waals surface area contributed by atoms with Crippen LogP contribution in [0.3, 0.4) is 0 Å². The fourth-order valence-electron chi connectivity index (χ4n) is 1.69. The molecule has 6 nitrogen and oxygen atoms in total. The number of carbonyl (C=O) groups excluding carboxylic acids is 2. The average molecular weight is 272 g/mol. The lowest BCUT2D eigenvalue weighted by atomic mass is 10.0. The smallest absolute Gasteiger partial charge is 0.324 e. The van der Waals surface area contributed by atoms with Crippen molar-refractivity contribution in [3.05, 3.63) is 0 Å². The maximum absolute atomic E-state index is 11.8. The van der Waals surface area contributed by atoms with E-state index in [2.05, 4.69) is 5.32 Å². The molecule has 0 aromatic heterocycles. The number of nitrogens with one attached hydrogen (secondary N) is 1. The molecule has 1 unspecified atom stereocenters. The maximum atomic E-state index is 11.8. The SMILES string of the molecule is CCCCN(CC)C(=O)NC(=O)CC(C)CC(=O)O. The van der Waals surface area contributed by atoms with Crippen LogP contribution in [0.15, 0.2) is 0 Å². The average Bonchev–Trinajstić information content (AvgIpc) is 2.28. The van der Waals surface area contributed by atoms with Crippen LogP contribution in [0.4, 0.5) is 4.79 Å². The quantitative estimate of drug-likeness (QED) is 0.706. The van der Waals surface area contributed by atoms with Crippen molar-refractivity contribution in [2.45, 2.75) is 46.5 Å². The molecular formula is C13H24N2O4. The molecule has 0 fully saturated rings. The third kappa shape index (κ3) is 8.18. The fourth-order valence-corrected chi connectivity index (χ4v) is 1.69. The van der Waals surface area contributed by atoms with E-state index in [1.165, 1.54) is 0 Å². The number of nitrogens with zero attached hydrogens (tertiary/aromatic N) is 1. The number of carboxylic acids is 1. The number of amides is 3. The van der Waals surface area contributed by atoms with Gasteiger partial charge in [-0.05, 0) is 19.3 Å². The van der Waals surface area contributed by atoms with Gasteiger partial charge in [0, 0.05) is 25.9 Å². The van der Waals surface area contributed by atoms with Crippen molar-refractivity contribution in [3.8, 4) is 0 Å². The first-order chi connectivity index (χ1) is 8.90. The molecule has 3 amide bonds. The van der Waals surface area contributed by atoms with Gasteiger partial charge < -0.3 is 10.0 Å². The van der Waals surface area contributed by atoms with E-state index < -0.39 is 17.9 Å². The number of carbonyl (C=O) groups is 3. The predicted octanol–water partition coefficient (Wildman–Crippen LogP) is 1.85. The van der Waals surface area contributed by atoms with Crippen LogP contribution in [0.25, 0.3) is 0 Å². The first-order valence-electron chi connectivity index (χ1n) is 6.71. The molecule has 0 saturated heterocycles. The number of rotatable bonds is 8. The summed E-state index contributed by atoms with van der Waals surface area (Å²) in [5.41, 5.74) is 0. The Hall–Kier alpha value is -1.59. The lowest BCUT2D eigenvalue weighted by Crippen LogP contribution is -2.43. The number of hydrogen-bond acceptors (Lipinski definition) is 3. The van der Waals surface area contributed by atoms with Crippen LogP contribution >= 0.6 is 0 Å². The van der Waals surface area contributed by atoms with Gasteiger partial charge in [-0.1, -0.05) is 20.3 Å². The molecule has 110 valence electrons. The van der Waals surface area contributed by atoms with Gasteiger partial charge in [0.1, 0.15) is 0 Å². The number of urea groups is 1. The molecule has 19 heavy (non-hydrogen) atoms. The molecule has 6 heteroatoms. The Bertz CT molecular complexity index is 318. The molecular weight excluding hydrogens is 248 g/mol. The predicted molar refractivity (Wildman–Crippen MR) is 71.7 cm³/mol. The van der Waals surface area contributed by atoms with Crippen molar-refractivity contribution in [1.29, 1.82) is 0 Å². The Morgan fingerprint density at radius 2 is 1.84 bits per heavy atom. The summed E-state index contributed by atoms with van der Waals surface area (Å²) >= 11 is 0. The molecule has 0 aliphatic carbocycles. The van der Waals surface area contributed by atoms with E-state index in [9.17, 15) is 14.4 Å². The topological polar surface area (TPSA) is 86.7 Å². The summed E-state index contributed by atoms with van der Waals surface area (Å²) in [5, 5.41) is 10.9. The van der Waals surface area contributed by atoms with Gasteiger partial charge in [-0.25, -0.2) is 4.79 Å². The Labute approximate surface area is 114 Å². The monoisotopic (exact) mass is 272 g/mol. The second kappa shape index (κ2) is 9.35. The Kier molecular flexibility index (Phi) is 8.57. The minimum Gasteiger partial charge on any atom is -0.481 e. The lowest BCUT2D eigenvalue weighted by Gasteiger charge is -2.20. The Balaban J connectivity index is 4.15. The highest BCUT2D eigenvalue weighted by molar-refractivity contribution is 5.94. The van der Waals surface area contributed by atoms with Crippen LogP contribution in [0.2, 0.25) is 0 Å². The van der Waals surface area contributed by atoms with E-state index in [-0.39, 0.29) is 18.8 Å². The second-order valence-electron chi connectivity index (χ2n) is 4.69. The zero-order chi connectivity index (χ0) is 14.8. The van der Waals surface area contributed by atoms with Crippen LogP contribution in [-0.4, -0.2) is 41.0 Å². The normalized spacial score (nSPS) is 11.7. The maximum Gasteiger partial charge on any atom is 0.324 e.